The van der Waals surface area contributed by atoms with Crippen molar-refractivity contribution in [2.24, 2.45) is 5.92 Å². The molecule has 1 amide bonds. The van der Waals surface area contributed by atoms with Crippen molar-refractivity contribution in [3.05, 3.63) is 41.8 Å². The predicted molar refractivity (Wildman–Crippen MR) is 97.7 cm³/mol. The van der Waals surface area contributed by atoms with Crippen LogP contribution < -0.4 is 10.1 Å². The Bertz CT molecular complexity index is 939. The molecule has 1 aromatic carbocycles. The quantitative estimate of drug-likeness (QED) is 0.618. The molecule has 0 radical (unpaired) electrons. The molecule has 1 aliphatic carbocycles. The Balaban J connectivity index is 1.57. The number of rotatable bonds is 6. The number of hydrogen-bond acceptors (Lipinski definition) is 8. The molecule has 1 saturated carbocycles. The number of amides is 1. The van der Waals surface area contributed by atoms with Crippen molar-refractivity contribution in [1.29, 1.82) is 0 Å². The van der Waals surface area contributed by atoms with E-state index >= 15 is 0 Å². The molecule has 0 saturated heterocycles. The smallest absolute Gasteiger partial charge is 0.273 e. The maximum Gasteiger partial charge on any atom is 0.273 e. The SMILES string of the molecule is Cc1cc(C(=O)N[C@@H]2C[C@H](COc3ccc(S(C)(=O)=O)cc3)[C@@H](O)[C@H]2O)no1. The van der Waals surface area contributed by atoms with Gasteiger partial charge in [-0.25, -0.2) is 8.42 Å². The molecule has 0 bridgehead atoms. The molecule has 10 heteroatoms. The maximum atomic E-state index is 12.2. The minimum atomic E-state index is -3.29. The van der Waals surface area contributed by atoms with Crippen LogP contribution >= 0.6 is 0 Å². The van der Waals surface area contributed by atoms with E-state index in [0.29, 0.717) is 17.9 Å². The summed E-state index contributed by atoms with van der Waals surface area (Å²) >= 11 is 0. The van der Waals surface area contributed by atoms with E-state index in [-0.39, 0.29) is 17.2 Å². The minimum Gasteiger partial charge on any atom is -0.493 e. The minimum absolute atomic E-state index is 0.102. The first kappa shape index (κ1) is 20.3. The lowest BCUT2D eigenvalue weighted by atomic mass is 10.1. The summed E-state index contributed by atoms with van der Waals surface area (Å²) in [6.45, 7) is 1.76. The van der Waals surface area contributed by atoms with Gasteiger partial charge in [-0.2, -0.15) is 0 Å². The van der Waals surface area contributed by atoms with Crippen LogP contribution in [-0.2, 0) is 9.84 Å². The van der Waals surface area contributed by atoms with Gasteiger partial charge in [0.15, 0.2) is 15.5 Å². The number of ether oxygens (including phenoxy) is 1. The summed E-state index contributed by atoms with van der Waals surface area (Å²) < 4.78 is 33.4. The monoisotopic (exact) mass is 410 g/mol. The van der Waals surface area contributed by atoms with Gasteiger partial charge in [-0.3, -0.25) is 4.79 Å². The normalized spacial score (nSPS) is 24.9. The van der Waals surface area contributed by atoms with E-state index in [1.165, 1.54) is 30.3 Å². The highest BCUT2D eigenvalue weighted by molar-refractivity contribution is 7.90. The highest BCUT2D eigenvalue weighted by atomic mass is 32.2. The third kappa shape index (κ3) is 4.51. The highest BCUT2D eigenvalue weighted by Crippen LogP contribution is 2.28. The first-order valence-corrected chi connectivity index (χ1v) is 10.6. The lowest BCUT2D eigenvalue weighted by Gasteiger charge is -2.17. The molecule has 4 atom stereocenters. The van der Waals surface area contributed by atoms with Crippen LogP contribution in [0.15, 0.2) is 39.8 Å². The summed E-state index contributed by atoms with van der Waals surface area (Å²) in [4.78, 5) is 12.3. The fourth-order valence-corrected chi connectivity index (χ4v) is 3.77. The number of aryl methyl sites for hydroxylation is 1. The molecular formula is C18H22N2O7S. The van der Waals surface area contributed by atoms with Crippen LogP contribution in [0, 0.1) is 12.8 Å². The molecule has 152 valence electrons. The van der Waals surface area contributed by atoms with Gasteiger partial charge >= 0.3 is 0 Å². The fraction of sp³-hybridized carbons (Fsp3) is 0.444. The van der Waals surface area contributed by atoms with Gasteiger partial charge in [-0.1, -0.05) is 5.16 Å². The average Bonchev–Trinajstić information content (AvgIpc) is 3.19. The number of benzene rings is 1. The van der Waals surface area contributed by atoms with Gasteiger partial charge < -0.3 is 24.8 Å². The third-order valence-electron chi connectivity index (χ3n) is 4.69. The van der Waals surface area contributed by atoms with Crippen molar-refractivity contribution in [3.8, 4) is 5.75 Å². The van der Waals surface area contributed by atoms with Crippen LogP contribution in [0.25, 0.3) is 0 Å². The van der Waals surface area contributed by atoms with Crippen molar-refractivity contribution >= 4 is 15.7 Å². The summed E-state index contributed by atoms with van der Waals surface area (Å²) in [6, 6.07) is 6.76. The van der Waals surface area contributed by atoms with Crippen molar-refractivity contribution in [1.82, 2.24) is 10.5 Å². The molecule has 1 fully saturated rings. The Hall–Kier alpha value is -2.43. The topological polar surface area (TPSA) is 139 Å². The van der Waals surface area contributed by atoms with Crippen molar-refractivity contribution in [2.75, 3.05) is 12.9 Å². The number of nitrogens with one attached hydrogen (secondary N) is 1. The van der Waals surface area contributed by atoms with Gasteiger partial charge in [0, 0.05) is 18.2 Å². The Morgan fingerprint density at radius 1 is 1.29 bits per heavy atom. The van der Waals surface area contributed by atoms with E-state index in [4.69, 9.17) is 9.26 Å². The van der Waals surface area contributed by atoms with Gasteiger partial charge in [-0.05, 0) is 37.6 Å². The van der Waals surface area contributed by atoms with E-state index in [1.54, 1.807) is 6.92 Å². The van der Waals surface area contributed by atoms with Crippen molar-refractivity contribution in [3.63, 3.8) is 0 Å². The number of aliphatic hydroxyl groups is 2. The number of aliphatic hydroxyl groups excluding tert-OH is 2. The van der Waals surface area contributed by atoms with Gasteiger partial charge in [0.05, 0.1) is 23.6 Å². The second-order valence-electron chi connectivity index (χ2n) is 6.93. The molecule has 3 N–H and O–H groups in total. The van der Waals surface area contributed by atoms with Gasteiger partial charge in [0.25, 0.3) is 5.91 Å². The van der Waals surface area contributed by atoms with Crippen LogP contribution in [-0.4, -0.2) is 60.8 Å². The molecule has 3 rings (SSSR count). The van der Waals surface area contributed by atoms with Gasteiger partial charge in [0.2, 0.25) is 0 Å². The van der Waals surface area contributed by atoms with Crippen molar-refractivity contribution < 1.29 is 32.7 Å². The fourth-order valence-electron chi connectivity index (χ4n) is 3.13. The van der Waals surface area contributed by atoms with Crippen molar-refractivity contribution in [2.45, 2.75) is 36.5 Å². The van der Waals surface area contributed by atoms with Crippen LogP contribution in [0.2, 0.25) is 0 Å². The molecule has 2 aromatic rings. The molecule has 0 spiro atoms. The highest BCUT2D eigenvalue weighted by Gasteiger charge is 2.42. The summed E-state index contributed by atoms with van der Waals surface area (Å²) in [5, 5.41) is 26.7. The Kier molecular flexibility index (Phi) is 5.73. The summed E-state index contributed by atoms with van der Waals surface area (Å²) in [5.74, 6) is 0.0323. The number of carbonyl (C=O) groups excluding carboxylic acids is 1. The molecule has 1 aliphatic rings. The Morgan fingerprint density at radius 2 is 1.96 bits per heavy atom. The van der Waals surface area contributed by atoms with E-state index in [2.05, 4.69) is 10.5 Å². The second kappa shape index (κ2) is 7.90. The molecule has 1 aromatic heterocycles. The zero-order chi connectivity index (χ0) is 20.5. The molecular weight excluding hydrogens is 388 g/mol. The lowest BCUT2D eigenvalue weighted by molar-refractivity contribution is 0.00249. The number of aromatic nitrogens is 1. The van der Waals surface area contributed by atoms with Gasteiger partial charge in [-0.15, -0.1) is 0 Å². The summed E-state index contributed by atoms with van der Waals surface area (Å²) in [5.41, 5.74) is 0.102. The van der Waals surface area contributed by atoms with Crippen LogP contribution in [0.5, 0.6) is 5.75 Å². The number of hydrogen-bond donors (Lipinski definition) is 3. The predicted octanol–water partition coefficient (Wildman–Crippen LogP) is 0.306. The van der Waals surface area contributed by atoms with Crippen LogP contribution in [0.1, 0.15) is 22.7 Å². The standard InChI is InChI=1S/C18H22N2O7S/c1-10-7-15(20-27-10)18(23)19-14-8-11(16(21)17(14)22)9-26-12-3-5-13(6-4-12)28(2,24)25/h3-7,11,14,16-17,21-22H,8-9H2,1-2H3,(H,19,23)/t11-,14-,16-,17+/m1/s1. The number of carbonyl (C=O) groups is 1. The zero-order valence-electron chi connectivity index (χ0n) is 15.4. The lowest BCUT2D eigenvalue weighted by Crippen LogP contribution is -2.43. The average molecular weight is 410 g/mol. The molecule has 0 unspecified atom stereocenters. The molecule has 1 heterocycles. The number of nitrogens with zero attached hydrogens (tertiary/aromatic N) is 1. The Labute approximate surface area is 162 Å². The second-order valence-corrected chi connectivity index (χ2v) is 8.95. The van der Waals surface area contributed by atoms with Gasteiger partial charge in [0.1, 0.15) is 17.6 Å². The first-order chi connectivity index (χ1) is 13.1. The van der Waals surface area contributed by atoms with Crippen LogP contribution in [0.3, 0.4) is 0 Å². The zero-order valence-corrected chi connectivity index (χ0v) is 16.2. The van der Waals surface area contributed by atoms with Crippen LogP contribution in [0.4, 0.5) is 0 Å². The van der Waals surface area contributed by atoms with E-state index in [0.717, 1.165) is 6.26 Å². The van der Waals surface area contributed by atoms with E-state index < -0.39 is 39.9 Å². The number of sulfone groups is 1. The van der Waals surface area contributed by atoms with E-state index in [9.17, 15) is 23.4 Å². The summed E-state index contributed by atoms with van der Waals surface area (Å²) in [7, 11) is -3.29. The third-order valence-corrected chi connectivity index (χ3v) is 5.82. The Morgan fingerprint density at radius 3 is 2.54 bits per heavy atom. The van der Waals surface area contributed by atoms with E-state index in [1.807, 2.05) is 0 Å². The molecule has 0 aliphatic heterocycles. The summed E-state index contributed by atoms with van der Waals surface area (Å²) in [6.07, 6.45) is -0.780. The molecule has 9 nitrogen and oxygen atoms in total. The molecule has 28 heavy (non-hydrogen) atoms. The maximum absolute atomic E-state index is 12.2. The largest absolute Gasteiger partial charge is 0.493 e. The first-order valence-electron chi connectivity index (χ1n) is 8.68.